The van der Waals surface area contributed by atoms with E-state index in [1.165, 1.54) is 0 Å². The van der Waals surface area contributed by atoms with Gasteiger partial charge < -0.3 is 29.2 Å². The number of carbonyl (C=O) groups excluding carboxylic acids is 2. The number of hydrogen-bond donors (Lipinski definition) is 2. The molecule has 4 aromatic rings. The molecule has 2 bridgehead atoms. The lowest BCUT2D eigenvalue weighted by molar-refractivity contribution is -0.167. The van der Waals surface area contributed by atoms with Crippen LogP contribution in [0.4, 0.5) is 0 Å². The molecule has 8 nitrogen and oxygen atoms in total. The van der Waals surface area contributed by atoms with Crippen molar-refractivity contribution in [1.29, 1.82) is 0 Å². The number of carbonyl (C=O) groups is 2. The zero-order valence-corrected chi connectivity index (χ0v) is 24.7. The topological polar surface area (TPSA) is 112 Å². The minimum atomic E-state index is -1.65. The van der Waals surface area contributed by atoms with E-state index in [4.69, 9.17) is 18.9 Å². The Labute approximate surface area is 256 Å². The molecule has 0 amide bonds. The van der Waals surface area contributed by atoms with E-state index in [2.05, 4.69) is 22.5 Å². The highest BCUT2D eigenvalue weighted by Gasteiger charge is 2.62. The second-order valence-corrected chi connectivity index (χ2v) is 11.4. The molecule has 0 spiro atoms. The van der Waals surface area contributed by atoms with Gasteiger partial charge in [-0.25, -0.2) is 4.79 Å². The summed E-state index contributed by atoms with van der Waals surface area (Å²) in [6, 6.07) is 23.5. The van der Waals surface area contributed by atoms with Crippen LogP contribution in [0.1, 0.15) is 28.7 Å². The van der Waals surface area contributed by atoms with Gasteiger partial charge in [0, 0.05) is 27.7 Å². The zero-order valence-electron chi connectivity index (χ0n) is 23.1. The molecule has 0 radical (unpaired) electrons. The quantitative estimate of drug-likeness (QED) is 0.139. The normalized spacial score (nSPS) is 21.4. The molecule has 0 aromatic heterocycles. The summed E-state index contributed by atoms with van der Waals surface area (Å²) >= 11 is 3.46. The number of ether oxygens (including phenoxy) is 4. The third-order valence-corrected chi connectivity index (χ3v) is 8.58. The van der Waals surface area contributed by atoms with Crippen LogP contribution in [-0.4, -0.2) is 48.6 Å². The fraction of sp³-hybridized carbons (Fsp3) is 0.235. The molecule has 220 valence electrons. The largest absolute Gasteiger partial charge is 0.489 e. The number of fused-ring (bicyclic) bond motifs is 2. The second-order valence-electron chi connectivity index (χ2n) is 10.5. The van der Waals surface area contributed by atoms with Crippen molar-refractivity contribution in [3.63, 3.8) is 0 Å². The minimum Gasteiger partial charge on any atom is -0.489 e. The third-order valence-electron chi connectivity index (χ3n) is 8.09. The standard InChI is InChI=1S/C34H29BrO8/c1-2-31(36)42-17-15-40-29-13-14-30(23-8-4-3-7-22(23)29)41-16-18-43-32(37)28-20-33(38)24-9-5-6-10-25(24)34(28,39)26-12-11-21(35)19-27(26)33/h2-14,19,28,38-39H,1,15-18,20H2. The molecule has 0 saturated heterocycles. The molecule has 0 saturated carbocycles. The summed E-state index contributed by atoms with van der Waals surface area (Å²) in [5, 5.41) is 25.7. The lowest BCUT2D eigenvalue weighted by atomic mass is 9.54. The first-order chi connectivity index (χ1) is 20.8. The molecule has 3 aliphatic rings. The highest BCUT2D eigenvalue weighted by molar-refractivity contribution is 9.10. The summed E-state index contributed by atoms with van der Waals surface area (Å²) in [5.74, 6) is -0.949. The average Bonchev–Trinajstić information content (AvgIpc) is 3.03. The molecule has 0 aliphatic heterocycles. The predicted molar refractivity (Wildman–Crippen MR) is 162 cm³/mol. The third kappa shape index (κ3) is 4.97. The molecule has 7 rings (SSSR count). The van der Waals surface area contributed by atoms with Gasteiger partial charge in [-0.2, -0.15) is 0 Å². The number of hydrogen-bond acceptors (Lipinski definition) is 8. The Hall–Kier alpha value is -4.18. The van der Waals surface area contributed by atoms with Gasteiger partial charge in [0.15, 0.2) is 0 Å². The van der Waals surface area contributed by atoms with E-state index in [1.54, 1.807) is 48.5 Å². The van der Waals surface area contributed by atoms with E-state index < -0.39 is 29.1 Å². The van der Waals surface area contributed by atoms with Crippen LogP contribution in [0.15, 0.2) is 96.0 Å². The molecule has 43 heavy (non-hydrogen) atoms. The lowest BCUT2D eigenvalue weighted by Gasteiger charge is -2.53. The van der Waals surface area contributed by atoms with E-state index in [0.29, 0.717) is 33.8 Å². The molecule has 3 atom stereocenters. The molecule has 4 aromatic carbocycles. The van der Waals surface area contributed by atoms with E-state index in [0.717, 1.165) is 21.3 Å². The predicted octanol–water partition coefficient (Wildman–Crippen LogP) is 5.14. The monoisotopic (exact) mass is 644 g/mol. The van der Waals surface area contributed by atoms with E-state index >= 15 is 0 Å². The maximum atomic E-state index is 13.5. The highest BCUT2D eigenvalue weighted by atomic mass is 79.9. The number of rotatable bonds is 10. The molecule has 3 unspecified atom stereocenters. The first-order valence-electron chi connectivity index (χ1n) is 13.9. The summed E-state index contributed by atoms with van der Waals surface area (Å²) in [6.45, 7) is 3.65. The van der Waals surface area contributed by atoms with Gasteiger partial charge in [0.2, 0.25) is 0 Å². The molecule has 9 heteroatoms. The van der Waals surface area contributed by atoms with Gasteiger partial charge in [-0.3, -0.25) is 4.79 Å². The Balaban J connectivity index is 1.14. The zero-order chi connectivity index (χ0) is 30.2. The maximum Gasteiger partial charge on any atom is 0.330 e. The van der Waals surface area contributed by atoms with Crippen molar-refractivity contribution in [2.45, 2.75) is 17.6 Å². The molecule has 3 aliphatic carbocycles. The van der Waals surface area contributed by atoms with Crippen molar-refractivity contribution in [3.8, 4) is 11.5 Å². The average molecular weight is 646 g/mol. The maximum absolute atomic E-state index is 13.5. The van der Waals surface area contributed by atoms with E-state index in [9.17, 15) is 19.8 Å². The van der Waals surface area contributed by atoms with E-state index in [1.807, 2.05) is 30.3 Å². The highest BCUT2D eigenvalue weighted by Crippen LogP contribution is 2.60. The Morgan fingerprint density at radius 1 is 0.791 bits per heavy atom. The molecule has 0 fully saturated rings. The fourth-order valence-electron chi connectivity index (χ4n) is 6.19. The summed E-state index contributed by atoms with van der Waals surface area (Å²) in [6.07, 6.45) is 1.09. The van der Waals surface area contributed by atoms with Gasteiger partial charge in [-0.1, -0.05) is 77.1 Å². The number of halogens is 1. The first-order valence-corrected chi connectivity index (χ1v) is 14.6. The summed E-state index contributed by atoms with van der Waals surface area (Å²) in [4.78, 5) is 24.7. The van der Waals surface area contributed by atoms with Gasteiger partial charge >= 0.3 is 11.9 Å². The van der Waals surface area contributed by atoms with Gasteiger partial charge in [0.25, 0.3) is 0 Å². The van der Waals surface area contributed by atoms with Crippen molar-refractivity contribution >= 4 is 38.6 Å². The molecule has 0 heterocycles. The Bertz CT molecular complexity index is 1740. The van der Waals surface area contributed by atoms with Crippen LogP contribution in [0.3, 0.4) is 0 Å². The summed E-state index contributed by atoms with van der Waals surface area (Å²) in [5.41, 5.74) is -0.930. The van der Waals surface area contributed by atoms with Crippen LogP contribution < -0.4 is 9.47 Å². The second kappa shape index (κ2) is 11.5. The lowest BCUT2D eigenvalue weighted by Crippen LogP contribution is -2.57. The molecular formula is C34H29BrO8. The van der Waals surface area contributed by atoms with Crippen LogP contribution in [0.25, 0.3) is 10.8 Å². The van der Waals surface area contributed by atoms with Gasteiger partial charge in [0.1, 0.15) is 49.1 Å². The molecular weight excluding hydrogens is 616 g/mol. The summed E-state index contributed by atoms with van der Waals surface area (Å²) < 4.78 is 23.2. The Morgan fingerprint density at radius 3 is 2.02 bits per heavy atom. The first kappa shape index (κ1) is 28.9. The van der Waals surface area contributed by atoms with Crippen molar-refractivity contribution in [3.05, 3.63) is 118 Å². The smallest absolute Gasteiger partial charge is 0.330 e. The minimum absolute atomic E-state index is 0.0114. The van der Waals surface area contributed by atoms with Crippen LogP contribution in [0, 0.1) is 5.92 Å². The van der Waals surface area contributed by atoms with Gasteiger partial charge in [0.05, 0.1) is 5.92 Å². The Morgan fingerprint density at radius 2 is 1.37 bits per heavy atom. The van der Waals surface area contributed by atoms with Gasteiger partial charge in [-0.05, 0) is 46.5 Å². The van der Waals surface area contributed by atoms with Crippen LogP contribution in [0.2, 0.25) is 0 Å². The van der Waals surface area contributed by atoms with E-state index in [-0.39, 0.29) is 32.8 Å². The van der Waals surface area contributed by atoms with Gasteiger partial charge in [-0.15, -0.1) is 0 Å². The number of aliphatic hydroxyl groups is 2. The Kier molecular flexibility index (Phi) is 7.72. The number of esters is 2. The molecule has 2 N–H and O–H groups in total. The van der Waals surface area contributed by atoms with Crippen LogP contribution in [0.5, 0.6) is 11.5 Å². The van der Waals surface area contributed by atoms with Crippen LogP contribution >= 0.6 is 15.9 Å². The fourth-order valence-corrected chi connectivity index (χ4v) is 6.55. The van der Waals surface area contributed by atoms with Crippen molar-refractivity contribution in [2.75, 3.05) is 26.4 Å². The van der Waals surface area contributed by atoms with Crippen molar-refractivity contribution < 1.29 is 38.7 Å². The summed E-state index contributed by atoms with van der Waals surface area (Å²) in [7, 11) is 0. The van der Waals surface area contributed by atoms with Crippen molar-refractivity contribution in [1.82, 2.24) is 0 Å². The van der Waals surface area contributed by atoms with Crippen LogP contribution in [-0.2, 0) is 30.3 Å². The number of benzene rings is 4. The SMILES string of the molecule is C=CC(=O)OCCOc1ccc(OCCOC(=O)C2CC3(O)c4ccccc4C2(O)c2ccc(Br)cc23)c2ccccc12. The van der Waals surface area contributed by atoms with Crippen molar-refractivity contribution in [2.24, 2.45) is 5.92 Å².